The van der Waals surface area contributed by atoms with E-state index in [0.717, 1.165) is 51.9 Å². The maximum absolute atomic E-state index is 5.63. The zero-order chi connectivity index (χ0) is 18.6. The van der Waals surface area contributed by atoms with Crippen LogP contribution < -0.4 is 10.6 Å². The third kappa shape index (κ3) is 8.17. The topological polar surface area (TPSA) is 58.1 Å². The van der Waals surface area contributed by atoms with Crippen LogP contribution >= 0.6 is 0 Å². The third-order valence-corrected chi connectivity index (χ3v) is 4.19. The van der Waals surface area contributed by atoms with Crippen LogP contribution in [0.2, 0.25) is 0 Å². The molecule has 0 saturated carbocycles. The monoisotopic (exact) mass is 362 g/mol. The van der Waals surface area contributed by atoms with Gasteiger partial charge in [0.1, 0.15) is 0 Å². The van der Waals surface area contributed by atoms with Crippen molar-refractivity contribution in [3.8, 4) is 0 Å². The Morgan fingerprint density at radius 3 is 2.50 bits per heavy atom. The fourth-order valence-corrected chi connectivity index (χ4v) is 2.67. The lowest BCUT2D eigenvalue weighted by atomic mass is 10.1. The van der Waals surface area contributed by atoms with Gasteiger partial charge in [-0.3, -0.25) is 4.90 Å². The lowest BCUT2D eigenvalue weighted by Crippen LogP contribution is -2.44. The maximum atomic E-state index is 5.63. The van der Waals surface area contributed by atoms with Crippen molar-refractivity contribution >= 4 is 5.96 Å². The van der Waals surface area contributed by atoms with Gasteiger partial charge < -0.3 is 20.1 Å². The molecule has 1 aromatic rings. The van der Waals surface area contributed by atoms with Crippen LogP contribution in [0.4, 0.5) is 0 Å². The fraction of sp³-hybridized carbons (Fsp3) is 0.650. The van der Waals surface area contributed by atoms with Crippen LogP contribution in [0.25, 0.3) is 0 Å². The molecular formula is C20H34N4O2. The summed E-state index contributed by atoms with van der Waals surface area (Å²) in [5.41, 5.74) is 2.39. The predicted octanol–water partition coefficient (Wildman–Crippen LogP) is 2.00. The third-order valence-electron chi connectivity index (χ3n) is 4.19. The molecule has 0 radical (unpaired) electrons. The molecule has 1 heterocycles. The van der Waals surface area contributed by atoms with Gasteiger partial charge in [-0.2, -0.15) is 0 Å². The number of nitrogens with one attached hydrogen (secondary N) is 2. The number of hydrogen-bond acceptors (Lipinski definition) is 4. The molecular weight excluding hydrogens is 328 g/mol. The van der Waals surface area contributed by atoms with Crippen molar-refractivity contribution in [3.05, 3.63) is 35.4 Å². The maximum Gasteiger partial charge on any atom is 0.191 e. The second kappa shape index (κ2) is 11.9. The van der Waals surface area contributed by atoms with Crippen molar-refractivity contribution in [1.29, 1.82) is 0 Å². The van der Waals surface area contributed by atoms with Crippen LogP contribution in [0, 0.1) is 0 Å². The second-order valence-electron chi connectivity index (χ2n) is 6.75. The Balaban J connectivity index is 1.77. The van der Waals surface area contributed by atoms with Crippen LogP contribution in [0.1, 0.15) is 31.9 Å². The van der Waals surface area contributed by atoms with E-state index < -0.39 is 0 Å². The summed E-state index contributed by atoms with van der Waals surface area (Å²) < 4.78 is 11.0. The van der Waals surface area contributed by atoms with Crippen LogP contribution in [-0.2, 0) is 22.6 Å². The highest BCUT2D eigenvalue weighted by Gasteiger charge is 2.09. The highest BCUT2D eigenvalue weighted by atomic mass is 16.5. The molecule has 0 amide bonds. The van der Waals surface area contributed by atoms with Crippen molar-refractivity contribution in [2.75, 3.05) is 45.9 Å². The van der Waals surface area contributed by atoms with E-state index in [9.17, 15) is 0 Å². The highest BCUT2D eigenvalue weighted by molar-refractivity contribution is 5.79. The van der Waals surface area contributed by atoms with Crippen LogP contribution in [0.5, 0.6) is 0 Å². The van der Waals surface area contributed by atoms with E-state index in [-0.39, 0.29) is 6.10 Å². The van der Waals surface area contributed by atoms with Crippen molar-refractivity contribution < 1.29 is 9.47 Å². The minimum Gasteiger partial charge on any atom is -0.379 e. The molecule has 1 saturated heterocycles. The molecule has 1 fully saturated rings. The smallest absolute Gasteiger partial charge is 0.191 e. The molecule has 0 unspecified atom stereocenters. The van der Waals surface area contributed by atoms with Gasteiger partial charge in [0.25, 0.3) is 0 Å². The molecule has 0 aromatic heterocycles. The molecule has 1 aliphatic rings. The van der Waals surface area contributed by atoms with Crippen molar-refractivity contribution in [1.82, 2.24) is 15.5 Å². The quantitative estimate of drug-likeness (QED) is 0.520. The lowest BCUT2D eigenvalue weighted by Gasteiger charge is -2.26. The van der Waals surface area contributed by atoms with Crippen molar-refractivity contribution in [2.45, 2.75) is 40.0 Å². The van der Waals surface area contributed by atoms with Gasteiger partial charge in [-0.05, 0) is 31.9 Å². The zero-order valence-corrected chi connectivity index (χ0v) is 16.5. The van der Waals surface area contributed by atoms with Gasteiger partial charge in [0.2, 0.25) is 0 Å². The van der Waals surface area contributed by atoms with Gasteiger partial charge in [0.05, 0.1) is 32.5 Å². The van der Waals surface area contributed by atoms with E-state index in [0.29, 0.717) is 13.2 Å². The minimum absolute atomic E-state index is 0.255. The van der Waals surface area contributed by atoms with E-state index in [1.807, 2.05) is 0 Å². The van der Waals surface area contributed by atoms with Crippen LogP contribution in [0.15, 0.2) is 29.3 Å². The first kappa shape index (κ1) is 20.7. The van der Waals surface area contributed by atoms with E-state index in [4.69, 9.17) is 14.5 Å². The van der Waals surface area contributed by atoms with Gasteiger partial charge in [0.15, 0.2) is 5.96 Å². The Morgan fingerprint density at radius 1 is 1.15 bits per heavy atom. The zero-order valence-electron chi connectivity index (χ0n) is 16.5. The van der Waals surface area contributed by atoms with Crippen LogP contribution in [0.3, 0.4) is 0 Å². The number of morpholine rings is 1. The number of benzene rings is 1. The van der Waals surface area contributed by atoms with E-state index in [1.165, 1.54) is 11.1 Å². The summed E-state index contributed by atoms with van der Waals surface area (Å²) in [6, 6.07) is 8.48. The van der Waals surface area contributed by atoms with E-state index >= 15 is 0 Å². The Morgan fingerprint density at radius 2 is 1.85 bits per heavy atom. The molecule has 6 nitrogen and oxygen atoms in total. The molecule has 2 rings (SSSR count). The molecule has 1 aliphatic heterocycles. The number of guanidine groups is 1. The van der Waals surface area contributed by atoms with Gasteiger partial charge in [-0.15, -0.1) is 0 Å². The van der Waals surface area contributed by atoms with Crippen molar-refractivity contribution in [2.24, 2.45) is 4.99 Å². The molecule has 0 atom stereocenters. The first-order valence-electron chi connectivity index (χ1n) is 9.69. The average molecular weight is 363 g/mol. The first-order valence-corrected chi connectivity index (χ1v) is 9.69. The predicted molar refractivity (Wildman–Crippen MR) is 106 cm³/mol. The largest absolute Gasteiger partial charge is 0.379 e. The number of hydrogen-bond donors (Lipinski definition) is 2. The number of aliphatic imine (C=N–C) groups is 1. The van der Waals surface area contributed by atoms with Gasteiger partial charge in [-0.1, -0.05) is 24.3 Å². The summed E-state index contributed by atoms with van der Waals surface area (Å²) in [5, 5.41) is 6.73. The Hall–Kier alpha value is -1.63. The summed E-state index contributed by atoms with van der Waals surface area (Å²) in [5.74, 6) is 0.868. The summed E-state index contributed by atoms with van der Waals surface area (Å²) in [4.78, 5) is 7.10. The molecule has 0 aliphatic carbocycles. The van der Waals surface area contributed by atoms with E-state index in [2.05, 4.69) is 60.6 Å². The van der Waals surface area contributed by atoms with Crippen molar-refractivity contribution in [3.63, 3.8) is 0 Å². The molecule has 1 aromatic carbocycles. The summed E-state index contributed by atoms with van der Waals surface area (Å²) >= 11 is 0. The minimum atomic E-state index is 0.255. The van der Waals surface area contributed by atoms with Gasteiger partial charge >= 0.3 is 0 Å². The highest BCUT2D eigenvalue weighted by Crippen LogP contribution is 2.08. The fourth-order valence-electron chi connectivity index (χ4n) is 2.67. The van der Waals surface area contributed by atoms with Gasteiger partial charge in [0, 0.05) is 32.7 Å². The van der Waals surface area contributed by atoms with Crippen LogP contribution in [-0.4, -0.2) is 62.9 Å². The van der Waals surface area contributed by atoms with Gasteiger partial charge in [-0.25, -0.2) is 4.99 Å². The normalized spacial score (nSPS) is 16.1. The molecule has 26 heavy (non-hydrogen) atoms. The van der Waals surface area contributed by atoms with E-state index in [1.54, 1.807) is 0 Å². The standard InChI is InChI=1S/C20H34N4O2/c1-4-21-20(22-9-10-24-11-13-25-14-12-24)23-15-18-5-7-19(8-6-18)16-26-17(2)3/h5-8,17H,4,9-16H2,1-3H3,(H2,21,22,23). The lowest BCUT2D eigenvalue weighted by molar-refractivity contribution is 0.0389. The second-order valence-corrected chi connectivity index (χ2v) is 6.75. The number of nitrogens with zero attached hydrogens (tertiary/aromatic N) is 2. The summed E-state index contributed by atoms with van der Waals surface area (Å²) in [6.07, 6.45) is 0.255. The molecule has 6 heteroatoms. The summed E-state index contributed by atoms with van der Waals surface area (Å²) in [7, 11) is 0. The molecule has 2 N–H and O–H groups in total. The first-order chi connectivity index (χ1) is 12.7. The Kier molecular flexibility index (Phi) is 9.45. The summed E-state index contributed by atoms with van der Waals surface area (Å²) in [6.45, 7) is 14.0. The number of rotatable bonds is 9. The molecule has 146 valence electrons. The average Bonchev–Trinajstić information content (AvgIpc) is 2.66. The molecule has 0 spiro atoms. The molecule has 0 bridgehead atoms. The Bertz CT molecular complexity index is 525. The SMILES string of the molecule is CCNC(=NCc1ccc(COC(C)C)cc1)NCCN1CCOCC1. The number of ether oxygens (including phenoxy) is 2. The Labute approximate surface area is 158 Å².